The van der Waals surface area contributed by atoms with Crippen LogP contribution in [-0.2, 0) is 9.59 Å². The van der Waals surface area contributed by atoms with E-state index in [1.807, 2.05) is 24.3 Å². The maximum Gasteiger partial charge on any atom is 0.283 e. The number of rotatable bonds is 6. The lowest BCUT2D eigenvalue weighted by molar-refractivity contribution is -0.120. The Bertz CT molecular complexity index is 1300. The van der Waals surface area contributed by atoms with Gasteiger partial charge in [-0.05, 0) is 66.1 Å². The number of nitrogens with one attached hydrogen (secondary N) is 2. The summed E-state index contributed by atoms with van der Waals surface area (Å²) < 4.78 is 0.818. The number of nitrogens with zero attached hydrogens (tertiary/aromatic N) is 1. The fourth-order valence-corrected chi connectivity index (χ4v) is 3.95. The van der Waals surface area contributed by atoms with Crippen molar-refractivity contribution in [1.82, 2.24) is 0 Å². The molecule has 0 fully saturated rings. The van der Waals surface area contributed by atoms with Gasteiger partial charge in [-0.1, -0.05) is 59.6 Å². The lowest BCUT2D eigenvalue weighted by atomic mass is 10.0. The first-order valence-corrected chi connectivity index (χ1v) is 11.7. The summed E-state index contributed by atoms with van der Waals surface area (Å²) in [6, 6.07) is 21.0. The van der Waals surface area contributed by atoms with Gasteiger partial charge in [0.2, 0.25) is 0 Å². The van der Waals surface area contributed by atoms with Gasteiger partial charge in [-0.2, -0.15) is 0 Å². The van der Waals surface area contributed by atoms with Crippen LogP contribution in [0.3, 0.4) is 0 Å². The number of benzene rings is 3. The normalized spacial score (nSPS) is 13.6. The molecule has 6 nitrogen and oxygen atoms in total. The predicted molar refractivity (Wildman–Crippen MR) is 138 cm³/mol. The molecule has 0 radical (unpaired) electrons. The molecule has 0 unspecified atom stereocenters. The Morgan fingerprint density at radius 1 is 0.912 bits per heavy atom. The number of anilines is 3. The monoisotopic (exact) mass is 537 g/mol. The molecule has 3 aromatic rings. The van der Waals surface area contributed by atoms with E-state index in [2.05, 4.69) is 40.4 Å². The summed E-state index contributed by atoms with van der Waals surface area (Å²) in [5, 5.41) is 5.56. The number of hydrogen-bond donors (Lipinski definition) is 2. The van der Waals surface area contributed by atoms with Gasteiger partial charge in [-0.15, -0.1) is 0 Å². The van der Waals surface area contributed by atoms with Crippen molar-refractivity contribution in [3.05, 3.63) is 99.1 Å². The van der Waals surface area contributed by atoms with Crippen LogP contribution in [0.4, 0.5) is 17.1 Å². The molecule has 8 heteroatoms. The van der Waals surface area contributed by atoms with Gasteiger partial charge in [0.05, 0.1) is 5.69 Å². The SMILES string of the molecule is CC(C)c1ccc(NC(=O)c2cccc(NC3=C(Cl)C(=O)N(c4ccc(Br)cc4)C3=O)c2)cc1. The van der Waals surface area contributed by atoms with Gasteiger partial charge >= 0.3 is 0 Å². The molecule has 0 saturated carbocycles. The Morgan fingerprint density at radius 2 is 1.59 bits per heavy atom. The van der Waals surface area contributed by atoms with Crippen LogP contribution in [0, 0.1) is 0 Å². The third kappa shape index (κ3) is 4.90. The molecule has 4 rings (SSSR count). The minimum atomic E-state index is -0.616. The summed E-state index contributed by atoms with van der Waals surface area (Å²) in [4.78, 5) is 39.4. The summed E-state index contributed by atoms with van der Waals surface area (Å²) in [5.41, 5.74) is 3.06. The summed E-state index contributed by atoms with van der Waals surface area (Å²) >= 11 is 9.54. The van der Waals surface area contributed by atoms with Gasteiger partial charge in [-0.3, -0.25) is 14.4 Å². The third-order valence-corrected chi connectivity index (χ3v) is 6.22. The van der Waals surface area contributed by atoms with Gasteiger partial charge in [0.1, 0.15) is 10.7 Å². The average molecular weight is 539 g/mol. The Kier molecular flexibility index (Phi) is 6.86. The molecule has 0 saturated heterocycles. The Labute approximate surface area is 210 Å². The number of halogens is 2. The minimum absolute atomic E-state index is 0.0450. The highest BCUT2D eigenvalue weighted by Gasteiger charge is 2.38. The molecule has 2 N–H and O–H groups in total. The molecule has 0 bridgehead atoms. The van der Waals surface area contributed by atoms with Crippen LogP contribution in [0.1, 0.15) is 35.7 Å². The van der Waals surface area contributed by atoms with E-state index in [0.717, 1.165) is 9.37 Å². The van der Waals surface area contributed by atoms with Crippen molar-refractivity contribution < 1.29 is 14.4 Å². The number of imide groups is 1. The minimum Gasteiger partial charge on any atom is -0.350 e. The van der Waals surface area contributed by atoms with Crippen LogP contribution in [0.15, 0.2) is 88.0 Å². The van der Waals surface area contributed by atoms with E-state index in [1.165, 1.54) is 5.56 Å². The van der Waals surface area contributed by atoms with Gasteiger partial charge in [-0.25, -0.2) is 4.90 Å². The van der Waals surface area contributed by atoms with Gasteiger partial charge in [0, 0.05) is 21.4 Å². The van der Waals surface area contributed by atoms with E-state index in [9.17, 15) is 14.4 Å². The molecule has 1 aliphatic rings. The zero-order valence-corrected chi connectivity index (χ0v) is 20.8. The van der Waals surface area contributed by atoms with E-state index in [-0.39, 0.29) is 16.6 Å². The number of amides is 3. The highest BCUT2D eigenvalue weighted by molar-refractivity contribution is 9.10. The molecule has 0 aromatic heterocycles. The molecular weight excluding hydrogens is 518 g/mol. The molecule has 0 atom stereocenters. The average Bonchev–Trinajstić information content (AvgIpc) is 3.03. The van der Waals surface area contributed by atoms with Crippen LogP contribution in [0.5, 0.6) is 0 Å². The first kappa shape index (κ1) is 23.7. The fourth-order valence-electron chi connectivity index (χ4n) is 3.47. The number of carbonyl (C=O) groups is 3. The standard InChI is InChI=1S/C26H21BrClN3O3/c1-15(2)16-6-10-19(11-7-16)30-24(32)17-4-3-5-20(14-17)29-23-22(28)25(33)31(26(23)34)21-12-8-18(27)9-13-21/h3-15,29H,1-2H3,(H,30,32). The number of hydrogen-bond acceptors (Lipinski definition) is 4. The topological polar surface area (TPSA) is 78.5 Å². The molecule has 0 aliphatic carbocycles. The van der Waals surface area contributed by atoms with Crippen molar-refractivity contribution >= 4 is 62.3 Å². The molecule has 1 heterocycles. The van der Waals surface area contributed by atoms with Crippen molar-refractivity contribution in [3.63, 3.8) is 0 Å². The van der Waals surface area contributed by atoms with Crippen LogP contribution in [-0.4, -0.2) is 17.7 Å². The maximum atomic E-state index is 13.0. The molecule has 3 amide bonds. The highest BCUT2D eigenvalue weighted by Crippen LogP contribution is 2.31. The van der Waals surface area contributed by atoms with E-state index < -0.39 is 11.8 Å². The zero-order chi connectivity index (χ0) is 24.4. The summed E-state index contributed by atoms with van der Waals surface area (Å²) in [6.07, 6.45) is 0. The van der Waals surface area contributed by atoms with Crippen molar-refractivity contribution in [2.24, 2.45) is 0 Å². The molecule has 3 aromatic carbocycles. The highest BCUT2D eigenvalue weighted by atomic mass is 79.9. The second-order valence-electron chi connectivity index (χ2n) is 8.05. The van der Waals surface area contributed by atoms with Gasteiger partial charge < -0.3 is 10.6 Å². The molecular formula is C26H21BrClN3O3. The Hall–Kier alpha value is -3.42. The molecule has 34 heavy (non-hydrogen) atoms. The first-order valence-electron chi connectivity index (χ1n) is 10.6. The molecule has 0 spiro atoms. The smallest absolute Gasteiger partial charge is 0.283 e. The summed E-state index contributed by atoms with van der Waals surface area (Å²) in [5.74, 6) is -1.09. The second-order valence-corrected chi connectivity index (χ2v) is 9.34. The maximum absolute atomic E-state index is 13.0. The number of carbonyl (C=O) groups excluding carboxylic acids is 3. The van der Waals surface area contributed by atoms with Crippen LogP contribution in [0.2, 0.25) is 0 Å². The third-order valence-electron chi connectivity index (χ3n) is 5.34. The predicted octanol–water partition coefficient (Wildman–Crippen LogP) is 6.26. The lowest BCUT2D eigenvalue weighted by Crippen LogP contribution is -2.32. The van der Waals surface area contributed by atoms with Crippen molar-refractivity contribution in [2.75, 3.05) is 15.5 Å². The quantitative estimate of drug-likeness (QED) is 0.363. The largest absolute Gasteiger partial charge is 0.350 e. The fraction of sp³-hybridized carbons (Fsp3) is 0.115. The van der Waals surface area contributed by atoms with E-state index in [1.54, 1.807) is 48.5 Å². The first-order chi connectivity index (χ1) is 16.2. The molecule has 1 aliphatic heterocycles. The zero-order valence-electron chi connectivity index (χ0n) is 18.4. The second kappa shape index (κ2) is 9.83. The van der Waals surface area contributed by atoms with E-state index in [4.69, 9.17) is 11.6 Å². The van der Waals surface area contributed by atoms with Crippen molar-refractivity contribution in [1.29, 1.82) is 0 Å². The van der Waals surface area contributed by atoms with E-state index in [0.29, 0.717) is 28.5 Å². The van der Waals surface area contributed by atoms with E-state index >= 15 is 0 Å². The summed E-state index contributed by atoms with van der Waals surface area (Å²) in [7, 11) is 0. The molecule has 172 valence electrons. The van der Waals surface area contributed by atoms with Crippen molar-refractivity contribution in [2.45, 2.75) is 19.8 Å². The lowest BCUT2D eigenvalue weighted by Gasteiger charge is -2.15. The van der Waals surface area contributed by atoms with Gasteiger partial charge in [0.25, 0.3) is 17.7 Å². The Morgan fingerprint density at radius 3 is 2.24 bits per heavy atom. The van der Waals surface area contributed by atoms with Crippen LogP contribution < -0.4 is 15.5 Å². The Balaban J connectivity index is 1.50. The van der Waals surface area contributed by atoms with Crippen molar-refractivity contribution in [3.8, 4) is 0 Å². The van der Waals surface area contributed by atoms with Gasteiger partial charge in [0.15, 0.2) is 0 Å². The van der Waals surface area contributed by atoms with Crippen LogP contribution >= 0.6 is 27.5 Å². The summed E-state index contributed by atoms with van der Waals surface area (Å²) in [6.45, 7) is 4.21. The van der Waals surface area contributed by atoms with Crippen LogP contribution in [0.25, 0.3) is 0 Å².